The third-order valence-corrected chi connectivity index (χ3v) is 5.60. The maximum Gasteiger partial charge on any atom is 0.0856 e. The smallest absolute Gasteiger partial charge is 0.0856 e. The number of aliphatic hydroxyl groups excluding tert-OH is 1. The molecule has 1 aromatic heterocycles. The lowest BCUT2D eigenvalue weighted by molar-refractivity contribution is 0.174. The molecule has 0 saturated heterocycles. The van der Waals surface area contributed by atoms with E-state index in [1.807, 2.05) is 29.9 Å². The van der Waals surface area contributed by atoms with E-state index >= 15 is 0 Å². The van der Waals surface area contributed by atoms with Crippen LogP contribution in [0.2, 0.25) is 0 Å². The molecule has 108 valence electrons. The minimum atomic E-state index is -0.546. The number of benzene rings is 1. The lowest BCUT2D eigenvalue weighted by Crippen LogP contribution is -2.08. The summed E-state index contributed by atoms with van der Waals surface area (Å²) in [6.07, 6.45) is 0.867. The maximum atomic E-state index is 10.5. The van der Waals surface area contributed by atoms with Crippen LogP contribution in [-0.4, -0.2) is 14.9 Å². The van der Waals surface area contributed by atoms with Gasteiger partial charge in [0.2, 0.25) is 0 Å². The van der Waals surface area contributed by atoms with Crippen molar-refractivity contribution in [2.45, 2.75) is 25.9 Å². The summed E-state index contributed by atoms with van der Waals surface area (Å²) in [5.74, 6) is 0. The van der Waals surface area contributed by atoms with Gasteiger partial charge in [-0.15, -0.1) is 0 Å². The van der Waals surface area contributed by atoms with Crippen molar-refractivity contribution in [2.24, 2.45) is 7.05 Å². The minimum absolute atomic E-state index is 0.538. The summed E-state index contributed by atoms with van der Waals surface area (Å²) in [5, 5.41) is 15.0. The van der Waals surface area contributed by atoms with Crippen molar-refractivity contribution < 1.29 is 5.11 Å². The summed E-state index contributed by atoms with van der Waals surface area (Å²) in [6, 6.07) is 5.95. The second kappa shape index (κ2) is 6.89. The number of halogens is 3. The molecule has 3 nitrogen and oxygen atoms in total. The number of aliphatic hydroxyl groups is 1. The van der Waals surface area contributed by atoms with E-state index < -0.39 is 6.10 Å². The van der Waals surface area contributed by atoms with Crippen LogP contribution < -0.4 is 0 Å². The Morgan fingerprint density at radius 3 is 2.70 bits per heavy atom. The lowest BCUT2D eigenvalue weighted by Gasteiger charge is -2.14. The van der Waals surface area contributed by atoms with Gasteiger partial charge in [0, 0.05) is 21.5 Å². The van der Waals surface area contributed by atoms with Crippen LogP contribution >= 0.6 is 54.5 Å². The number of nitrogens with zero attached hydrogens (tertiary/aromatic N) is 2. The Bertz CT molecular complexity index is 628. The first-order valence-corrected chi connectivity index (χ1v) is 8.93. The molecule has 1 aromatic carbocycles. The zero-order valence-corrected chi connectivity index (χ0v) is 16.5. The van der Waals surface area contributed by atoms with Crippen LogP contribution in [0.4, 0.5) is 0 Å². The van der Waals surface area contributed by atoms with Gasteiger partial charge in [0.25, 0.3) is 0 Å². The van der Waals surface area contributed by atoms with E-state index in [2.05, 4.69) is 66.5 Å². The van der Waals surface area contributed by atoms with Crippen LogP contribution in [0.3, 0.4) is 0 Å². The Labute approximate surface area is 149 Å². The molecule has 0 aliphatic carbocycles. The van der Waals surface area contributed by atoms with Crippen LogP contribution in [0.15, 0.2) is 27.1 Å². The summed E-state index contributed by atoms with van der Waals surface area (Å²) in [7, 11) is 1.91. The van der Waals surface area contributed by atoms with Gasteiger partial charge in [-0.2, -0.15) is 5.10 Å². The molecule has 1 heterocycles. The zero-order valence-electron chi connectivity index (χ0n) is 11.2. The first-order chi connectivity index (χ1) is 9.43. The Morgan fingerprint density at radius 2 is 2.10 bits per heavy atom. The maximum absolute atomic E-state index is 10.5. The second-order valence-corrected chi connectivity index (χ2v) is 7.44. The molecule has 2 rings (SSSR count). The van der Waals surface area contributed by atoms with Gasteiger partial charge in [-0.25, -0.2) is 0 Å². The van der Waals surface area contributed by atoms with Gasteiger partial charge in [-0.05, 0) is 68.7 Å². The fourth-order valence-corrected chi connectivity index (χ4v) is 3.96. The number of hydrogen-bond acceptors (Lipinski definition) is 2. The minimum Gasteiger partial charge on any atom is -0.388 e. The molecule has 2 aromatic rings. The standard InChI is InChI=1S/C14H15Br2IN2O/c1-3-11-14(16)12(19(2)18-11)7-13(20)9-6-8(15)4-5-10(9)17/h4-6,13,20H,3,7H2,1-2H3. The van der Waals surface area contributed by atoms with Gasteiger partial charge in [0.15, 0.2) is 0 Å². The van der Waals surface area contributed by atoms with E-state index in [0.29, 0.717) is 6.42 Å². The van der Waals surface area contributed by atoms with Crippen LogP contribution in [0.5, 0.6) is 0 Å². The molecule has 1 N–H and O–H groups in total. The molecule has 1 unspecified atom stereocenters. The lowest BCUT2D eigenvalue weighted by atomic mass is 10.0. The zero-order chi connectivity index (χ0) is 14.9. The molecule has 0 fully saturated rings. The predicted molar refractivity (Wildman–Crippen MR) is 95.8 cm³/mol. The molecular weight excluding hydrogens is 499 g/mol. The van der Waals surface area contributed by atoms with Crippen LogP contribution in [0.1, 0.15) is 30.0 Å². The molecule has 0 aliphatic rings. The van der Waals surface area contributed by atoms with E-state index in [9.17, 15) is 5.11 Å². The Balaban J connectivity index is 2.30. The highest BCUT2D eigenvalue weighted by Crippen LogP contribution is 2.30. The molecular formula is C14H15Br2IN2O. The first-order valence-electron chi connectivity index (χ1n) is 6.27. The summed E-state index contributed by atoms with van der Waals surface area (Å²) in [6.45, 7) is 2.07. The van der Waals surface area contributed by atoms with Gasteiger partial charge in [0.05, 0.1) is 22.0 Å². The van der Waals surface area contributed by atoms with Crippen molar-refractivity contribution in [3.63, 3.8) is 0 Å². The predicted octanol–water partition coefficient (Wildman–Crippen LogP) is 4.39. The van der Waals surface area contributed by atoms with E-state index in [-0.39, 0.29) is 0 Å². The van der Waals surface area contributed by atoms with E-state index in [0.717, 1.165) is 35.9 Å². The average molecular weight is 514 g/mol. The van der Waals surface area contributed by atoms with Crippen LogP contribution in [0, 0.1) is 3.57 Å². The average Bonchev–Trinajstić information content (AvgIpc) is 2.68. The van der Waals surface area contributed by atoms with Crippen molar-refractivity contribution in [2.75, 3.05) is 0 Å². The van der Waals surface area contributed by atoms with Crippen molar-refractivity contribution in [1.82, 2.24) is 9.78 Å². The molecule has 6 heteroatoms. The van der Waals surface area contributed by atoms with Crippen LogP contribution in [0.25, 0.3) is 0 Å². The second-order valence-electron chi connectivity index (χ2n) is 4.57. The third kappa shape index (κ3) is 3.45. The van der Waals surface area contributed by atoms with Crippen molar-refractivity contribution in [3.05, 3.63) is 47.7 Å². The van der Waals surface area contributed by atoms with Gasteiger partial charge < -0.3 is 5.11 Å². The number of rotatable bonds is 4. The molecule has 0 bridgehead atoms. The van der Waals surface area contributed by atoms with Gasteiger partial charge in [-0.1, -0.05) is 22.9 Å². The Morgan fingerprint density at radius 1 is 1.40 bits per heavy atom. The summed E-state index contributed by atoms with van der Waals surface area (Å²) < 4.78 is 4.89. The van der Waals surface area contributed by atoms with Gasteiger partial charge >= 0.3 is 0 Å². The number of hydrogen-bond donors (Lipinski definition) is 1. The monoisotopic (exact) mass is 512 g/mol. The van der Waals surface area contributed by atoms with E-state index in [1.165, 1.54) is 0 Å². The molecule has 0 spiro atoms. The normalized spacial score (nSPS) is 12.7. The molecule has 0 amide bonds. The van der Waals surface area contributed by atoms with Crippen molar-refractivity contribution >= 4 is 54.5 Å². The van der Waals surface area contributed by atoms with E-state index in [4.69, 9.17) is 0 Å². The molecule has 1 atom stereocenters. The first kappa shape index (κ1) is 16.5. The highest BCUT2D eigenvalue weighted by molar-refractivity contribution is 14.1. The van der Waals surface area contributed by atoms with Crippen LogP contribution in [-0.2, 0) is 19.9 Å². The SMILES string of the molecule is CCc1nn(C)c(CC(O)c2cc(Br)ccc2I)c1Br. The third-order valence-electron chi connectivity index (χ3n) is 3.21. The summed E-state index contributed by atoms with van der Waals surface area (Å²) in [4.78, 5) is 0. The highest BCUT2D eigenvalue weighted by Gasteiger charge is 2.19. The fraction of sp³-hybridized carbons (Fsp3) is 0.357. The van der Waals surface area contributed by atoms with Crippen molar-refractivity contribution in [1.29, 1.82) is 0 Å². The molecule has 0 aliphatic heterocycles. The van der Waals surface area contributed by atoms with E-state index in [1.54, 1.807) is 0 Å². The van der Waals surface area contributed by atoms with Gasteiger partial charge in [0.1, 0.15) is 0 Å². The summed E-state index contributed by atoms with van der Waals surface area (Å²) in [5.41, 5.74) is 2.98. The largest absolute Gasteiger partial charge is 0.388 e. The highest BCUT2D eigenvalue weighted by atomic mass is 127. The molecule has 0 radical (unpaired) electrons. The quantitative estimate of drug-likeness (QED) is 0.616. The van der Waals surface area contributed by atoms with Gasteiger partial charge in [-0.3, -0.25) is 4.68 Å². The molecule has 20 heavy (non-hydrogen) atoms. The Hall–Kier alpha value is 0.0800. The molecule has 0 saturated carbocycles. The topological polar surface area (TPSA) is 38.0 Å². The Kier molecular flexibility index (Phi) is 5.67. The van der Waals surface area contributed by atoms with Crippen molar-refractivity contribution in [3.8, 4) is 0 Å². The number of aromatic nitrogens is 2. The summed E-state index contributed by atoms with van der Waals surface area (Å²) >= 11 is 9.29. The number of aryl methyl sites for hydroxylation is 2. The fourth-order valence-electron chi connectivity index (χ4n) is 2.10.